The molecule has 0 saturated heterocycles. The Bertz CT molecular complexity index is 155. The number of rotatable bonds is 2. The Morgan fingerprint density at radius 2 is 2.00 bits per heavy atom. The lowest BCUT2D eigenvalue weighted by Gasteiger charge is -2.16. The Hall–Kier alpha value is -0.740. The molecule has 0 aromatic carbocycles. The van der Waals surface area contributed by atoms with E-state index in [1.807, 2.05) is 13.8 Å². The molecule has 0 heterocycles. The highest BCUT2D eigenvalue weighted by atomic mass is 16.3. The van der Waals surface area contributed by atoms with Gasteiger partial charge in [0.05, 0.1) is 0 Å². The molecule has 0 rings (SSSR count). The quantitative estimate of drug-likeness (QED) is 0.576. The SMILES string of the molecule is C=CC#CC(O)(CC)CC. The molecule has 56 valence electrons. The van der Waals surface area contributed by atoms with Crippen LogP contribution in [-0.2, 0) is 0 Å². The van der Waals surface area contributed by atoms with Gasteiger partial charge >= 0.3 is 0 Å². The molecule has 0 saturated carbocycles. The van der Waals surface area contributed by atoms with Crippen molar-refractivity contribution in [1.82, 2.24) is 0 Å². The van der Waals surface area contributed by atoms with Gasteiger partial charge in [0.15, 0.2) is 0 Å². The zero-order valence-corrected chi connectivity index (χ0v) is 6.65. The summed E-state index contributed by atoms with van der Waals surface area (Å²) in [4.78, 5) is 0. The van der Waals surface area contributed by atoms with E-state index in [4.69, 9.17) is 0 Å². The summed E-state index contributed by atoms with van der Waals surface area (Å²) in [6, 6.07) is 0. The number of hydrogen-bond acceptors (Lipinski definition) is 1. The van der Waals surface area contributed by atoms with Gasteiger partial charge in [-0.1, -0.05) is 32.3 Å². The Kier molecular flexibility index (Phi) is 3.83. The second-order valence-corrected chi connectivity index (χ2v) is 2.21. The largest absolute Gasteiger partial charge is 0.378 e. The third-order valence-corrected chi connectivity index (χ3v) is 1.58. The van der Waals surface area contributed by atoms with E-state index in [-0.39, 0.29) is 0 Å². The summed E-state index contributed by atoms with van der Waals surface area (Å²) in [6.07, 6.45) is 2.84. The third kappa shape index (κ3) is 2.70. The van der Waals surface area contributed by atoms with Crippen molar-refractivity contribution in [3.05, 3.63) is 12.7 Å². The van der Waals surface area contributed by atoms with Crippen LogP contribution in [0.2, 0.25) is 0 Å². The fraction of sp³-hybridized carbons (Fsp3) is 0.556. The fourth-order valence-electron chi connectivity index (χ4n) is 0.612. The van der Waals surface area contributed by atoms with Gasteiger partial charge in [0, 0.05) is 0 Å². The van der Waals surface area contributed by atoms with Gasteiger partial charge in [-0.25, -0.2) is 0 Å². The minimum Gasteiger partial charge on any atom is -0.378 e. The molecule has 0 aromatic heterocycles. The molecule has 10 heavy (non-hydrogen) atoms. The van der Waals surface area contributed by atoms with Crippen LogP contribution >= 0.6 is 0 Å². The minimum atomic E-state index is -0.797. The molecule has 0 aliphatic rings. The first kappa shape index (κ1) is 9.26. The monoisotopic (exact) mass is 138 g/mol. The van der Waals surface area contributed by atoms with Crippen molar-refractivity contribution in [2.75, 3.05) is 0 Å². The maximum Gasteiger partial charge on any atom is 0.125 e. The molecule has 0 aliphatic carbocycles. The zero-order valence-electron chi connectivity index (χ0n) is 6.65. The van der Waals surface area contributed by atoms with Crippen LogP contribution in [0.4, 0.5) is 0 Å². The predicted octanol–water partition coefficient (Wildman–Crippen LogP) is 1.73. The third-order valence-electron chi connectivity index (χ3n) is 1.58. The van der Waals surface area contributed by atoms with Crippen molar-refractivity contribution < 1.29 is 5.11 Å². The highest BCUT2D eigenvalue weighted by molar-refractivity contribution is 5.20. The Morgan fingerprint density at radius 1 is 1.50 bits per heavy atom. The molecule has 1 heteroatoms. The normalized spacial score (nSPS) is 9.90. The van der Waals surface area contributed by atoms with Crippen LogP contribution in [0, 0.1) is 11.8 Å². The molecular formula is C9H14O. The lowest BCUT2D eigenvalue weighted by atomic mass is 9.99. The molecule has 1 nitrogen and oxygen atoms in total. The molecule has 1 N–H and O–H groups in total. The van der Waals surface area contributed by atoms with E-state index in [1.165, 1.54) is 6.08 Å². The van der Waals surface area contributed by atoms with Crippen molar-refractivity contribution in [1.29, 1.82) is 0 Å². The van der Waals surface area contributed by atoms with Gasteiger partial charge in [0.1, 0.15) is 5.60 Å². The highest BCUT2D eigenvalue weighted by Crippen LogP contribution is 2.12. The molecule has 0 unspecified atom stereocenters. The topological polar surface area (TPSA) is 20.2 Å². The first-order chi connectivity index (χ1) is 4.68. The first-order valence-corrected chi connectivity index (χ1v) is 3.54. The molecule has 0 fully saturated rings. The lowest BCUT2D eigenvalue weighted by molar-refractivity contribution is 0.0931. The van der Waals surface area contributed by atoms with E-state index in [9.17, 15) is 5.11 Å². The Labute approximate surface area is 62.8 Å². The molecule has 0 spiro atoms. The van der Waals surface area contributed by atoms with Crippen LogP contribution in [0.1, 0.15) is 26.7 Å². The van der Waals surface area contributed by atoms with Crippen LogP contribution in [0.15, 0.2) is 12.7 Å². The van der Waals surface area contributed by atoms with E-state index in [2.05, 4.69) is 18.4 Å². The lowest BCUT2D eigenvalue weighted by Crippen LogP contribution is -2.23. The van der Waals surface area contributed by atoms with Crippen molar-refractivity contribution in [2.24, 2.45) is 0 Å². The number of allylic oxidation sites excluding steroid dienone is 1. The molecule has 0 aliphatic heterocycles. The van der Waals surface area contributed by atoms with Crippen molar-refractivity contribution in [3.8, 4) is 11.8 Å². The molecular weight excluding hydrogens is 124 g/mol. The van der Waals surface area contributed by atoms with E-state index in [0.717, 1.165) is 0 Å². The van der Waals surface area contributed by atoms with Gasteiger partial charge in [-0.2, -0.15) is 0 Å². The Morgan fingerprint density at radius 3 is 2.30 bits per heavy atom. The maximum absolute atomic E-state index is 9.54. The summed E-state index contributed by atoms with van der Waals surface area (Å²) in [5.41, 5.74) is -0.797. The van der Waals surface area contributed by atoms with Crippen molar-refractivity contribution in [3.63, 3.8) is 0 Å². The average molecular weight is 138 g/mol. The molecule has 0 aromatic rings. The Balaban J connectivity index is 4.18. The van der Waals surface area contributed by atoms with E-state index in [1.54, 1.807) is 0 Å². The van der Waals surface area contributed by atoms with Gasteiger partial charge in [0.25, 0.3) is 0 Å². The second kappa shape index (κ2) is 4.14. The molecule has 0 radical (unpaired) electrons. The number of hydrogen-bond donors (Lipinski definition) is 1. The van der Waals surface area contributed by atoms with Crippen LogP contribution in [0.3, 0.4) is 0 Å². The highest BCUT2D eigenvalue weighted by Gasteiger charge is 2.17. The second-order valence-electron chi connectivity index (χ2n) is 2.21. The van der Waals surface area contributed by atoms with Gasteiger partial charge in [-0.05, 0) is 18.9 Å². The first-order valence-electron chi connectivity index (χ1n) is 3.54. The molecule has 0 bridgehead atoms. The van der Waals surface area contributed by atoms with E-state index >= 15 is 0 Å². The van der Waals surface area contributed by atoms with Crippen molar-refractivity contribution >= 4 is 0 Å². The van der Waals surface area contributed by atoms with Crippen molar-refractivity contribution in [2.45, 2.75) is 32.3 Å². The summed E-state index contributed by atoms with van der Waals surface area (Å²) in [5, 5.41) is 9.54. The summed E-state index contributed by atoms with van der Waals surface area (Å²) < 4.78 is 0. The van der Waals surface area contributed by atoms with Crippen LogP contribution in [0.25, 0.3) is 0 Å². The van der Waals surface area contributed by atoms with E-state index < -0.39 is 5.60 Å². The van der Waals surface area contributed by atoms with Crippen LogP contribution in [-0.4, -0.2) is 10.7 Å². The molecule has 0 atom stereocenters. The van der Waals surface area contributed by atoms with Crippen LogP contribution in [0.5, 0.6) is 0 Å². The summed E-state index contributed by atoms with van der Waals surface area (Å²) in [6.45, 7) is 7.28. The number of aliphatic hydroxyl groups is 1. The van der Waals surface area contributed by atoms with E-state index in [0.29, 0.717) is 12.8 Å². The summed E-state index contributed by atoms with van der Waals surface area (Å²) in [5.74, 6) is 5.39. The van der Waals surface area contributed by atoms with Gasteiger partial charge < -0.3 is 5.11 Å². The fourth-order valence-corrected chi connectivity index (χ4v) is 0.612. The predicted molar refractivity (Wildman–Crippen MR) is 43.5 cm³/mol. The molecule has 0 amide bonds. The smallest absolute Gasteiger partial charge is 0.125 e. The van der Waals surface area contributed by atoms with Crippen LogP contribution < -0.4 is 0 Å². The van der Waals surface area contributed by atoms with Gasteiger partial charge in [-0.15, -0.1) is 0 Å². The average Bonchev–Trinajstić information content (AvgIpc) is 2.00. The van der Waals surface area contributed by atoms with Gasteiger partial charge in [-0.3, -0.25) is 0 Å². The maximum atomic E-state index is 9.54. The summed E-state index contributed by atoms with van der Waals surface area (Å²) in [7, 11) is 0. The zero-order chi connectivity index (χ0) is 8.04. The van der Waals surface area contributed by atoms with Gasteiger partial charge in [0.2, 0.25) is 0 Å². The standard InChI is InChI=1S/C9H14O/c1-4-7-8-9(10,5-2)6-3/h4,10H,1,5-6H2,2-3H3. The summed E-state index contributed by atoms with van der Waals surface area (Å²) >= 11 is 0. The minimum absolute atomic E-state index is 0.671.